The number of anilines is 1. The van der Waals surface area contributed by atoms with E-state index >= 15 is 0 Å². The number of para-hydroxylation sites is 1. The maximum Gasteiger partial charge on any atom is 0.303 e. The molecule has 5 aromatic rings. The summed E-state index contributed by atoms with van der Waals surface area (Å²) in [6.07, 6.45) is 4.87. The molecular weight excluding hydrogens is 584 g/mol. The first-order valence-corrected chi connectivity index (χ1v) is 16.5. The molecule has 6 nitrogen and oxygen atoms in total. The maximum atomic E-state index is 14.3. The van der Waals surface area contributed by atoms with E-state index < -0.39 is 5.97 Å². The SMILES string of the molecule is CC(C)Cc1ccc(CN(C(=O)c2cccc(C(=O)n3cc(CCCC(=O)O)c4ccccc43)c2)c2ccc(CC(C)C)cc2)cc1. The van der Waals surface area contributed by atoms with Crippen LogP contribution in [-0.2, 0) is 30.6 Å². The number of fused-ring (bicyclic) bond motifs is 1. The molecule has 0 radical (unpaired) electrons. The number of aromatic nitrogens is 1. The Morgan fingerprint density at radius 1 is 0.723 bits per heavy atom. The molecule has 0 unspecified atom stereocenters. The summed E-state index contributed by atoms with van der Waals surface area (Å²) in [5.74, 6) is -0.178. The van der Waals surface area contributed by atoms with Crippen molar-refractivity contribution in [3.63, 3.8) is 0 Å². The molecule has 0 bridgehead atoms. The van der Waals surface area contributed by atoms with Crippen LogP contribution in [0.3, 0.4) is 0 Å². The van der Waals surface area contributed by atoms with Gasteiger partial charge in [-0.25, -0.2) is 0 Å². The Balaban J connectivity index is 1.45. The topological polar surface area (TPSA) is 79.6 Å². The number of rotatable bonds is 13. The second kappa shape index (κ2) is 15.1. The summed E-state index contributed by atoms with van der Waals surface area (Å²) in [5, 5.41) is 10.0. The molecule has 6 heteroatoms. The number of carbonyl (C=O) groups is 3. The fourth-order valence-electron chi connectivity index (χ4n) is 6.13. The highest BCUT2D eigenvalue weighted by Crippen LogP contribution is 2.26. The monoisotopic (exact) mass is 628 g/mol. The Morgan fingerprint density at radius 2 is 1.32 bits per heavy atom. The highest BCUT2D eigenvalue weighted by Gasteiger charge is 2.22. The zero-order valence-corrected chi connectivity index (χ0v) is 27.8. The van der Waals surface area contributed by atoms with Gasteiger partial charge in [0, 0.05) is 34.8 Å². The van der Waals surface area contributed by atoms with Crippen molar-refractivity contribution in [3.05, 3.63) is 137 Å². The predicted octanol–water partition coefficient (Wildman–Crippen LogP) is 8.98. The summed E-state index contributed by atoms with van der Waals surface area (Å²) in [6.45, 7) is 9.19. The van der Waals surface area contributed by atoms with E-state index in [-0.39, 0.29) is 18.2 Å². The number of aryl methyl sites for hydroxylation is 1. The summed E-state index contributed by atoms with van der Waals surface area (Å²) < 4.78 is 1.61. The fraction of sp³-hybridized carbons (Fsp3) is 0.293. The van der Waals surface area contributed by atoms with Crippen LogP contribution in [0.25, 0.3) is 10.9 Å². The zero-order valence-electron chi connectivity index (χ0n) is 27.8. The Morgan fingerprint density at radius 3 is 1.96 bits per heavy atom. The average molecular weight is 629 g/mol. The number of carboxylic acids is 1. The molecule has 47 heavy (non-hydrogen) atoms. The van der Waals surface area contributed by atoms with Crippen LogP contribution in [0.2, 0.25) is 0 Å². The number of carboxylic acid groups (broad SMARTS) is 1. The van der Waals surface area contributed by atoms with Crippen LogP contribution in [0.4, 0.5) is 5.69 Å². The lowest BCUT2D eigenvalue weighted by Crippen LogP contribution is -2.30. The minimum Gasteiger partial charge on any atom is -0.481 e. The van der Waals surface area contributed by atoms with E-state index in [0.717, 1.165) is 40.6 Å². The molecule has 0 spiro atoms. The van der Waals surface area contributed by atoms with E-state index in [0.29, 0.717) is 42.3 Å². The number of benzene rings is 4. The van der Waals surface area contributed by atoms with Crippen LogP contribution < -0.4 is 4.90 Å². The molecule has 4 aromatic carbocycles. The van der Waals surface area contributed by atoms with Crippen molar-refractivity contribution in [3.8, 4) is 0 Å². The predicted molar refractivity (Wildman–Crippen MR) is 189 cm³/mol. The highest BCUT2D eigenvalue weighted by molar-refractivity contribution is 6.09. The van der Waals surface area contributed by atoms with Gasteiger partial charge in [0.25, 0.3) is 11.8 Å². The minimum absolute atomic E-state index is 0.0661. The molecule has 1 N–H and O–H groups in total. The summed E-state index contributed by atoms with van der Waals surface area (Å²) >= 11 is 0. The van der Waals surface area contributed by atoms with Crippen LogP contribution in [0.5, 0.6) is 0 Å². The highest BCUT2D eigenvalue weighted by atomic mass is 16.4. The molecule has 1 amide bonds. The van der Waals surface area contributed by atoms with Crippen molar-refractivity contribution in [2.45, 2.75) is 66.3 Å². The van der Waals surface area contributed by atoms with Gasteiger partial charge >= 0.3 is 5.97 Å². The first-order valence-electron chi connectivity index (χ1n) is 16.5. The number of amides is 1. The van der Waals surface area contributed by atoms with Crippen molar-refractivity contribution < 1.29 is 19.5 Å². The first kappa shape index (κ1) is 33.4. The molecule has 1 aromatic heterocycles. The lowest BCUT2D eigenvalue weighted by Gasteiger charge is -2.24. The van der Waals surface area contributed by atoms with Crippen molar-refractivity contribution in [1.29, 1.82) is 0 Å². The molecule has 0 aliphatic rings. The van der Waals surface area contributed by atoms with Crippen molar-refractivity contribution in [1.82, 2.24) is 4.57 Å². The van der Waals surface area contributed by atoms with Crippen LogP contribution >= 0.6 is 0 Å². The largest absolute Gasteiger partial charge is 0.481 e. The van der Waals surface area contributed by atoms with E-state index in [1.807, 2.05) is 36.4 Å². The number of hydrogen-bond acceptors (Lipinski definition) is 3. The first-order chi connectivity index (χ1) is 22.6. The van der Waals surface area contributed by atoms with E-state index in [1.54, 1.807) is 39.9 Å². The lowest BCUT2D eigenvalue weighted by atomic mass is 10.0. The second-order valence-corrected chi connectivity index (χ2v) is 13.2. The summed E-state index contributed by atoms with van der Waals surface area (Å²) in [7, 11) is 0. The van der Waals surface area contributed by atoms with Gasteiger partial charge in [0.2, 0.25) is 0 Å². The van der Waals surface area contributed by atoms with Gasteiger partial charge in [0.15, 0.2) is 0 Å². The number of carbonyl (C=O) groups excluding carboxylic acids is 2. The number of hydrogen-bond donors (Lipinski definition) is 1. The molecular formula is C41H44N2O4. The maximum absolute atomic E-state index is 14.3. The van der Waals surface area contributed by atoms with Crippen molar-refractivity contribution in [2.24, 2.45) is 11.8 Å². The third-order valence-electron chi connectivity index (χ3n) is 8.35. The van der Waals surface area contributed by atoms with Gasteiger partial charge in [-0.2, -0.15) is 0 Å². The van der Waals surface area contributed by atoms with Gasteiger partial charge in [-0.05, 0) is 96.2 Å². The Hall–Kier alpha value is -4.97. The molecule has 0 saturated heterocycles. The Labute approximate surface area is 277 Å². The molecule has 0 saturated carbocycles. The standard InChI is InChI=1S/C41H44N2O4/c1-28(2)23-30-15-17-32(18-16-30)26-42(36-21-19-31(20-22-36)24-29(3)4)40(46)33-9-7-10-34(25-33)41(47)43-27-35(11-8-14-39(44)45)37-12-5-6-13-38(37)43/h5-7,9-10,12-13,15-22,25,27-29H,8,11,14,23-24,26H2,1-4H3,(H,44,45). The van der Waals surface area contributed by atoms with E-state index in [4.69, 9.17) is 5.11 Å². The minimum atomic E-state index is -0.838. The molecule has 0 aliphatic heterocycles. The fourth-order valence-corrected chi connectivity index (χ4v) is 6.13. The van der Waals surface area contributed by atoms with E-state index in [1.165, 1.54) is 11.1 Å². The van der Waals surface area contributed by atoms with Gasteiger partial charge in [0.1, 0.15) is 0 Å². The van der Waals surface area contributed by atoms with Gasteiger partial charge in [-0.15, -0.1) is 0 Å². The smallest absolute Gasteiger partial charge is 0.303 e. The van der Waals surface area contributed by atoms with Crippen LogP contribution in [0.15, 0.2) is 103 Å². The molecule has 5 rings (SSSR count). The zero-order chi connectivity index (χ0) is 33.5. The molecule has 242 valence electrons. The van der Waals surface area contributed by atoms with Crippen molar-refractivity contribution in [2.75, 3.05) is 4.90 Å². The second-order valence-electron chi connectivity index (χ2n) is 13.2. The van der Waals surface area contributed by atoms with Crippen LogP contribution in [0.1, 0.15) is 83.5 Å². The Kier molecular flexibility index (Phi) is 10.7. The van der Waals surface area contributed by atoms with Gasteiger partial charge in [-0.1, -0.05) is 88.4 Å². The summed E-state index contributed by atoms with van der Waals surface area (Å²) in [5.41, 5.74) is 6.83. The summed E-state index contributed by atoms with van der Waals surface area (Å²) in [6, 6.07) is 31.2. The lowest BCUT2D eigenvalue weighted by molar-refractivity contribution is -0.137. The molecule has 0 atom stereocenters. The van der Waals surface area contributed by atoms with Crippen LogP contribution in [-0.4, -0.2) is 27.5 Å². The third-order valence-corrected chi connectivity index (χ3v) is 8.35. The normalized spacial score (nSPS) is 11.4. The van der Waals surface area contributed by atoms with Crippen LogP contribution in [0, 0.1) is 11.8 Å². The average Bonchev–Trinajstić information content (AvgIpc) is 3.42. The number of nitrogens with zero attached hydrogens (tertiary/aromatic N) is 2. The van der Waals surface area contributed by atoms with Gasteiger partial charge in [-0.3, -0.25) is 19.0 Å². The van der Waals surface area contributed by atoms with Gasteiger partial charge < -0.3 is 10.0 Å². The summed E-state index contributed by atoms with van der Waals surface area (Å²) in [4.78, 5) is 41.1. The van der Waals surface area contributed by atoms with Gasteiger partial charge in [0.05, 0.1) is 12.1 Å². The Bertz CT molecular complexity index is 1850. The quantitative estimate of drug-likeness (QED) is 0.141. The van der Waals surface area contributed by atoms with E-state index in [2.05, 4.69) is 64.1 Å². The molecule has 1 heterocycles. The molecule has 0 fully saturated rings. The van der Waals surface area contributed by atoms with Crippen molar-refractivity contribution >= 4 is 34.4 Å². The molecule has 0 aliphatic carbocycles. The number of aliphatic carboxylic acids is 1. The van der Waals surface area contributed by atoms with E-state index in [9.17, 15) is 14.4 Å². The third kappa shape index (κ3) is 8.44.